The molecule has 0 saturated carbocycles. The third-order valence-electron chi connectivity index (χ3n) is 7.60. The Hall–Kier alpha value is -5.34. The van der Waals surface area contributed by atoms with E-state index in [0.717, 1.165) is 33.5 Å². The molecule has 1 N–H and O–H groups in total. The van der Waals surface area contributed by atoms with Gasteiger partial charge in [-0.2, -0.15) is 0 Å². The van der Waals surface area contributed by atoms with Crippen LogP contribution in [-0.4, -0.2) is 60.9 Å². The Balaban J connectivity index is 1.22. The van der Waals surface area contributed by atoms with E-state index in [1.165, 1.54) is 24.3 Å². The quantitative estimate of drug-likeness (QED) is 0.330. The van der Waals surface area contributed by atoms with Crippen LogP contribution >= 0.6 is 0 Å². The molecule has 3 aromatic rings. The standard InChI is InChI=1S/C33H30F2N4O8/c1-3-38-18-22(32(41)39(33(38)42)20-6-4-19(34)5-7-20)31(40)37-24-9-8-21(16-23(24)35)47-26-10-11-36-25-17-27(44-13-12-43-2)29-30(28(25)26)46-15-14-45-29/h4-11,16-18,28,30H,3,12-15H2,1-2H3,(H,37,40). The molecule has 14 heteroatoms. The number of rotatable bonds is 10. The number of hydrogen-bond acceptors (Lipinski definition) is 9. The lowest BCUT2D eigenvalue weighted by molar-refractivity contribution is -0.0693. The third-order valence-corrected chi connectivity index (χ3v) is 7.60. The van der Waals surface area contributed by atoms with E-state index >= 15 is 4.39 Å². The van der Waals surface area contributed by atoms with Crippen LogP contribution in [0, 0.1) is 17.6 Å². The van der Waals surface area contributed by atoms with E-state index in [9.17, 15) is 18.8 Å². The number of nitrogens with zero attached hydrogens (tertiary/aromatic N) is 3. The maximum atomic E-state index is 15.4. The number of dihydropyridines is 1. The Bertz CT molecular complexity index is 1940. The third kappa shape index (κ3) is 6.37. The highest BCUT2D eigenvalue weighted by atomic mass is 19.1. The van der Waals surface area contributed by atoms with Gasteiger partial charge in [-0.3, -0.25) is 19.1 Å². The largest absolute Gasteiger partial charge is 0.489 e. The molecule has 2 aromatic carbocycles. The number of anilines is 1. The number of aliphatic imine (C=N–C) groups is 1. The summed E-state index contributed by atoms with van der Waals surface area (Å²) in [6.07, 6.45) is 5.47. The zero-order valence-electron chi connectivity index (χ0n) is 25.4. The minimum absolute atomic E-state index is 0.0756. The van der Waals surface area contributed by atoms with Crippen LogP contribution in [0.25, 0.3) is 5.69 Å². The molecule has 2 atom stereocenters. The molecular formula is C33H30F2N4O8. The molecule has 6 rings (SSSR count). The Morgan fingerprint density at radius 1 is 1.11 bits per heavy atom. The van der Waals surface area contributed by atoms with Gasteiger partial charge < -0.3 is 29.0 Å². The van der Waals surface area contributed by atoms with Crippen molar-refractivity contribution in [3.63, 3.8) is 0 Å². The second-order valence-corrected chi connectivity index (χ2v) is 10.5. The number of carbonyl (C=O) groups excluding carboxylic acids is 1. The average Bonchev–Trinajstić information content (AvgIpc) is 3.07. The Morgan fingerprint density at radius 3 is 2.66 bits per heavy atom. The highest BCUT2D eigenvalue weighted by Crippen LogP contribution is 2.41. The molecule has 1 amide bonds. The number of carbonyl (C=O) groups is 1. The van der Waals surface area contributed by atoms with Crippen molar-refractivity contribution < 1.29 is 37.3 Å². The van der Waals surface area contributed by atoms with Crippen molar-refractivity contribution in [3.8, 4) is 11.4 Å². The van der Waals surface area contributed by atoms with Gasteiger partial charge >= 0.3 is 5.69 Å². The van der Waals surface area contributed by atoms with Crippen LogP contribution in [0.3, 0.4) is 0 Å². The first-order valence-electron chi connectivity index (χ1n) is 14.8. The van der Waals surface area contributed by atoms with Gasteiger partial charge in [0.1, 0.15) is 48.0 Å². The van der Waals surface area contributed by atoms with Gasteiger partial charge in [-0.1, -0.05) is 0 Å². The fourth-order valence-electron chi connectivity index (χ4n) is 5.34. The minimum atomic E-state index is -0.944. The SMILES string of the molecule is CCn1cc(C(=O)Nc2ccc(OC3=CC=NC4=CC(OCCOC)=C5OCCOC5C43)cc2F)c(=O)n(-c2ccc(F)cc2)c1=O. The number of aryl methyl sites for hydroxylation is 1. The van der Waals surface area contributed by atoms with Gasteiger partial charge in [-0.05, 0) is 49.4 Å². The maximum absolute atomic E-state index is 15.4. The van der Waals surface area contributed by atoms with Crippen molar-refractivity contribution in [2.75, 3.05) is 38.9 Å². The maximum Gasteiger partial charge on any atom is 0.335 e. The molecule has 1 aliphatic carbocycles. The first kappa shape index (κ1) is 31.6. The molecule has 3 aliphatic rings. The number of hydrogen-bond donors (Lipinski definition) is 1. The molecule has 244 valence electrons. The summed E-state index contributed by atoms with van der Waals surface area (Å²) in [5.74, 6) is -1.29. The molecule has 1 saturated heterocycles. The number of fused-ring (bicyclic) bond motifs is 3. The monoisotopic (exact) mass is 648 g/mol. The minimum Gasteiger partial charge on any atom is -0.489 e. The lowest BCUT2D eigenvalue weighted by Crippen LogP contribution is -2.42. The van der Waals surface area contributed by atoms with Crippen LogP contribution in [0.5, 0.6) is 5.75 Å². The summed E-state index contributed by atoms with van der Waals surface area (Å²) in [6, 6.07) is 8.51. The summed E-state index contributed by atoms with van der Waals surface area (Å²) < 4.78 is 59.7. The van der Waals surface area contributed by atoms with Gasteiger partial charge in [0.25, 0.3) is 11.5 Å². The summed E-state index contributed by atoms with van der Waals surface area (Å²) in [5.41, 5.74) is -1.61. The van der Waals surface area contributed by atoms with Crippen LogP contribution in [0.4, 0.5) is 14.5 Å². The number of nitrogens with one attached hydrogen (secondary N) is 1. The van der Waals surface area contributed by atoms with Crippen LogP contribution in [0.1, 0.15) is 17.3 Å². The predicted molar refractivity (Wildman–Crippen MR) is 166 cm³/mol. The molecule has 3 heterocycles. The van der Waals surface area contributed by atoms with Gasteiger partial charge in [0, 0.05) is 38.2 Å². The first-order valence-corrected chi connectivity index (χ1v) is 14.8. The summed E-state index contributed by atoms with van der Waals surface area (Å²) in [4.78, 5) is 43.9. The number of allylic oxidation sites excluding steroid dienone is 2. The van der Waals surface area contributed by atoms with E-state index in [4.69, 9.17) is 23.7 Å². The number of aromatic nitrogens is 2. The van der Waals surface area contributed by atoms with Gasteiger partial charge in [0.15, 0.2) is 11.5 Å². The predicted octanol–water partition coefficient (Wildman–Crippen LogP) is 3.70. The van der Waals surface area contributed by atoms with Crippen molar-refractivity contribution in [2.24, 2.45) is 10.9 Å². The van der Waals surface area contributed by atoms with E-state index in [-0.39, 0.29) is 23.7 Å². The van der Waals surface area contributed by atoms with Crippen molar-refractivity contribution in [1.82, 2.24) is 9.13 Å². The van der Waals surface area contributed by atoms with E-state index in [0.29, 0.717) is 49.4 Å². The topological polar surface area (TPSA) is 132 Å². The van der Waals surface area contributed by atoms with E-state index in [2.05, 4.69) is 10.3 Å². The Kier molecular flexibility index (Phi) is 9.13. The summed E-state index contributed by atoms with van der Waals surface area (Å²) in [5, 5.41) is 2.40. The zero-order chi connectivity index (χ0) is 33.1. The van der Waals surface area contributed by atoms with E-state index < -0.39 is 46.4 Å². The average molecular weight is 649 g/mol. The van der Waals surface area contributed by atoms with Crippen molar-refractivity contribution >= 4 is 17.8 Å². The fraction of sp³-hybridized carbons (Fsp3) is 0.273. The van der Waals surface area contributed by atoms with Crippen molar-refractivity contribution in [2.45, 2.75) is 19.6 Å². The van der Waals surface area contributed by atoms with Gasteiger partial charge in [0.05, 0.1) is 36.2 Å². The molecule has 1 aromatic heterocycles. The molecule has 2 unspecified atom stereocenters. The smallest absolute Gasteiger partial charge is 0.335 e. The van der Waals surface area contributed by atoms with Gasteiger partial charge in [-0.15, -0.1) is 0 Å². The van der Waals surface area contributed by atoms with Crippen molar-refractivity contribution in [3.05, 3.63) is 122 Å². The number of ether oxygens (including phenoxy) is 5. The van der Waals surface area contributed by atoms with Crippen LogP contribution in [0.15, 0.2) is 98.4 Å². The van der Waals surface area contributed by atoms with Gasteiger partial charge in [0.2, 0.25) is 0 Å². The molecule has 0 bridgehead atoms. The first-order chi connectivity index (χ1) is 22.8. The Labute approximate surface area is 266 Å². The molecular weight excluding hydrogens is 618 g/mol. The molecule has 0 spiro atoms. The van der Waals surface area contributed by atoms with Crippen LogP contribution in [-0.2, 0) is 25.5 Å². The molecule has 0 radical (unpaired) electrons. The number of halogens is 2. The summed E-state index contributed by atoms with van der Waals surface area (Å²) >= 11 is 0. The van der Waals surface area contributed by atoms with Crippen LogP contribution < -0.4 is 21.3 Å². The van der Waals surface area contributed by atoms with Gasteiger partial charge in [-0.25, -0.2) is 18.1 Å². The van der Waals surface area contributed by atoms with E-state index in [1.807, 2.05) is 0 Å². The molecule has 47 heavy (non-hydrogen) atoms. The lowest BCUT2D eigenvalue weighted by Gasteiger charge is -2.37. The molecule has 1 fully saturated rings. The number of methoxy groups -OCH3 is 1. The highest BCUT2D eigenvalue weighted by molar-refractivity contribution is 6.04. The number of benzene rings is 2. The summed E-state index contributed by atoms with van der Waals surface area (Å²) in [6.45, 7) is 3.16. The Morgan fingerprint density at radius 2 is 1.91 bits per heavy atom. The van der Waals surface area contributed by atoms with Crippen molar-refractivity contribution in [1.29, 1.82) is 0 Å². The highest BCUT2D eigenvalue weighted by Gasteiger charge is 2.43. The van der Waals surface area contributed by atoms with Crippen LogP contribution in [0.2, 0.25) is 0 Å². The molecule has 2 aliphatic heterocycles. The van der Waals surface area contributed by atoms with E-state index in [1.54, 1.807) is 32.4 Å². The zero-order valence-corrected chi connectivity index (χ0v) is 25.4. The second-order valence-electron chi connectivity index (χ2n) is 10.5. The normalized spacial score (nSPS) is 18.4. The fourth-order valence-corrected chi connectivity index (χ4v) is 5.34. The summed E-state index contributed by atoms with van der Waals surface area (Å²) in [7, 11) is 1.57. The molecule has 12 nitrogen and oxygen atoms in total. The second kappa shape index (κ2) is 13.6. The lowest BCUT2D eigenvalue weighted by atomic mass is 9.87. The number of amides is 1.